The number of alkyl halides is 3. The number of nitrogens with one attached hydrogen (secondary N) is 1. The van der Waals surface area contributed by atoms with E-state index in [0.29, 0.717) is 26.2 Å². The predicted molar refractivity (Wildman–Crippen MR) is 63.6 cm³/mol. The van der Waals surface area contributed by atoms with Gasteiger partial charge in [-0.1, -0.05) is 0 Å². The molecule has 0 saturated carbocycles. The quantitative estimate of drug-likeness (QED) is 0.905. The third-order valence-electron chi connectivity index (χ3n) is 2.64. The van der Waals surface area contributed by atoms with Crippen LogP contribution in [0.4, 0.5) is 18.0 Å². The van der Waals surface area contributed by atoms with Gasteiger partial charge in [0.2, 0.25) is 0 Å². The first kappa shape index (κ1) is 14.4. The first-order valence-electron chi connectivity index (χ1n) is 5.97. The van der Waals surface area contributed by atoms with Crippen molar-refractivity contribution in [3.05, 3.63) is 24.3 Å². The lowest BCUT2D eigenvalue weighted by Gasteiger charge is -2.26. The van der Waals surface area contributed by atoms with Gasteiger partial charge in [0.15, 0.2) is 0 Å². The number of hydrogen-bond acceptors (Lipinski definition) is 4. The molecule has 1 heterocycles. The summed E-state index contributed by atoms with van der Waals surface area (Å²) in [4.78, 5) is 13.3. The van der Waals surface area contributed by atoms with Crippen LogP contribution < -0.4 is 14.8 Å². The number of benzene rings is 1. The molecule has 8 heteroatoms. The SMILES string of the molecule is O=C(Oc1ccc(OC(F)(F)F)cc1)N1CCNCC1. The number of halogens is 3. The van der Waals surface area contributed by atoms with E-state index < -0.39 is 12.5 Å². The summed E-state index contributed by atoms with van der Waals surface area (Å²) in [7, 11) is 0. The second-order valence-electron chi connectivity index (χ2n) is 4.12. The lowest BCUT2D eigenvalue weighted by Crippen LogP contribution is -2.47. The lowest BCUT2D eigenvalue weighted by molar-refractivity contribution is -0.274. The van der Waals surface area contributed by atoms with Crippen molar-refractivity contribution in [2.24, 2.45) is 0 Å². The average molecular weight is 290 g/mol. The minimum absolute atomic E-state index is 0.169. The van der Waals surface area contributed by atoms with Crippen LogP contribution >= 0.6 is 0 Å². The van der Waals surface area contributed by atoms with Crippen LogP contribution in [0.5, 0.6) is 11.5 Å². The van der Waals surface area contributed by atoms with E-state index in [0.717, 1.165) is 12.1 Å². The van der Waals surface area contributed by atoms with Crippen LogP contribution in [0.1, 0.15) is 0 Å². The number of rotatable bonds is 2. The summed E-state index contributed by atoms with van der Waals surface area (Å²) in [6.07, 6.45) is -5.25. The Morgan fingerprint density at radius 3 is 2.20 bits per heavy atom. The lowest BCUT2D eigenvalue weighted by atomic mass is 10.3. The van der Waals surface area contributed by atoms with Crippen LogP contribution in [0.3, 0.4) is 0 Å². The molecule has 1 N–H and O–H groups in total. The van der Waals surface area contributed by atoms with Gasteiger partial charge in [-0.2, -0.15) is 0 Å². The first-order valence-corrected chi connectivity index (χ1v) is 5.97. The van der Waals surface area contributed by atoms with Gasteiger partial charge in [0, 0.05) is 26.2 Å². The first-order chi connectivity index (χ1) is 9.44. The van der Waals surface area contributed by atoms with E-state index in [9.17, 15) is 18.0 Å². The number of nitrogens with zero attached hydrogens (tertiary/aromatic N) is 1. The largest absolute Gasteiger partial charge is 0.573 e. The smallest absolute Gasteiger partial charge is 0.410 e. The normalized spacial score (nSPS) is 15.8. The maximum Gasteiger partial charge on any atom is 0.573 e. The zero-order chi connectivity index (χ0) is 14.6. The summed E-state index contributed by atoms with van der Waals surface area (Å²) in [6, 6.07) is 4.68. The molecule has 1 saturated heterocycles. The van der Waals surface area contributed by atoms with E-state index in [4.69, 9.17) is 4.74 Å². The Kier molecular flexibility index (Phi) is 4.33. The summed E-state index contributed by atoms with van der Waals surface area (Å²) in [6.45, 7) is 2.45. The minimum atomic E-state index is -4.74. The molecule has 0 atom stereocenters. The van der Waals surface area contributed by atoms with Crippen molar-refractivity contribution in [2.45, 2.75) is 6.36 Å². The number of piperazine rings is 1. The Balaban J connectivity index is 1.91. The standard InChI is InChI=1S/C12H13F3N2O3/c13-12(14,15)20-10-3-1-9(2-4-10)19-11(18)17-7-5-16-6-8-17/h1-4,16H,5-8H2. The van der Waals surface area contributed by atoms with Crippen molar-refractivity contribution >= 4 is 6.09 Å². The fraction of sp³-hybridized carbons (Fsp3) is 0.417. The third kappa shape index (κ3) is 4.30. The summed E-state index contributed by atoms with van der Waals surface area (Å²) in [5.41, 5.74) is 0. The van der Waals surface area contributed by atoms with Gasteiger partial charge >= 0.3 is 12.5 Å². The molecule has 1 aromatic carbocycles. The fourth-order valence-corrected chi connectivity index (χ4v) is 1.72. The summed E-state index contributed by atoms with van der Waals surface area (Å²) in [5.74, 6) is -0.192. The molecule has 2 rings (SSSR count). The summed E-state index contributed by atoms with van der Waals surface area (Å²) < 4.78 is 44.7. The van der Waals surface area contributed by atoms with Crippen LogP contribution in [0.15, 0.2) is 24.3 Å². The highest BCUT2D eigenvalue weighted by molar-refractivity contribution is 5.70. The molecule has 0 radical (unpaired) electrons. The number of amides is 1. The zero-order valence-electron chi connectivity index (χ0n) is 10.4. The van der Waals surface area contributed by atoms with Crippen molar-refractivity contribution in [3.63, 3.8) is 0 Å². The van der Waals surface area contributed by atoms with Crippen molar-refractivity contribution in [3.8, 4) is 11.5 Å². The Morgan fingerprint density at radius 2 is 1.65 bits per heavy atom. The molecule has 0 aliphatic carbocycles. The molecule has 1 aliphatic rings. The number of hydrogen-bond donors (Lipinski definition) is 1. The molecule has 0 unspecified atom stereocenters. The molecule has 0 bridgehead atoms. The average Bonchev–Trinajstić information content (AvgIpc) is 2.40. The van der Waals surface area contributed by atoms with Gasteiger partial charge in [-0.25, -0.2) is 4.79 Å². The molecular weight excluding hydrogens is 277 g/mol. The zero-order valence-corrected chi connectivity index (χ0v) is 10.4. The van der Waals surface area contributed by atoms with Gasteiger partial charge in [-0.05, 0) is 24.3 Å². The maximum absolute atomic E-state index is 12.0. The Morgan fingerprint density at radius 1 is 1.10 bits per heavy atom. The monoisotopic (exact) mass is 290 g/mol. The van der Waals surface area contributed by atoms with Gasteiger partial charge in [-0.15, -0.1) is 13.2 Å². The van der Waals surface area contributed by atoms with E-state index in [1.54, 1.807) is 0 Å². The molecule has 5 nitrogen and oxygen atoms in total. The number of carbonyl (C=O) groups is 1. The molecule has 1 fully saturated rings. The molecule has 1 aliphatic heterocycles. The van der Waals surface area contributed by atoms with Gasteiger partial charge in [0.1, 0.15) is 11.5 Å². The van der Waals surface area contributed by atoms with Gasteiger partial charge in [-0.3, -0.25) is 0 Å². The molecule has 0 aromatic heterocycles. The van der Waals surface area contributed by atoms with Gasteiger partial charge < -0.3 is 19.7 Å². The van der Waals surface area contributed by atoms with Crippen LogP contribution in [0.2, 0.25) is 0 Å². The Labute approximate surface area is 113 Å². The number of ether oxygens (including phenoxy) is 2. The highest BCUT2D eigenvalue weighted by Gasteiger charge is 2.31. The molecule has 110 valence electrons. The third-order valence-corrected chi connectivity index (χ3v) is 2.64. The van der Waals surface area contributed by atoms with Crippen molar-refractivity contribution in [2.75, 3.05) is 26.2 Å². The molecule has 20 heavy (non-hydrogen) atoms. The maximum atomic E-state index is 12.0. The minimum Gasteiger partial charge on any atom is -0.410 e. The van der Waals surface area contributed by atoms with E-state index in [2.05, 4.69) is 10.1 Å². The van der Waals surface area contributed by atoms with Crippen LogP contribution in [0, 0.1) is 0 Å². The fourth-order valence-electron chi connectivity index (χ4n) is 1.72. The Hall–Kier alpha value is -1.96. The second kappa shape index (κ2) is 6.00. The highest BCUT2D eigenvalue weighted by Crippen LogP contribution is 2.24. The van der Waals surface area contributed by atoms with E-state index in [1.165, 1.54) is 17.0 Å². The van der Waals surface area contributed by atoms with Crippen LogP contribution in [0.25, 0.3) is 0 Å². The van der Waals surface area contributed by atoms with E-state index >= 15 is 0 Å². The predicted octanol–water partition coefficient (Wildman–Crippen LogP) is 1.99. The number of carbonyl (C=O) groups excluding carboxylic acids is 1. The molecule has 1 amide bonds. The summed E-state index contributed by atoms with van der Waals surface area (Å²) in [5, 5.41) is 3.09. The summed E-state index contributed by atoms with van der Waals surface area (Å²) >= 11 is 0. The van der Waals surface area contributed by atoms with Crippen molar-refractivity contribution < 1.29 is 27.4 Å². The second-order valence-corrected chi connectivity index (χ2v) is 4.12. The molecule has 0 spiro atoms. The van der Waals surface area contributed by atoms with Gasteiger partial charge in [0.05, 0.1) is 0 Å². The van der Waals surface area contributed by atoms with Gasteiger partial charge in [0.25, 0.3) is 0 Å². The van der Waals surface area contributed by atoms with E-state index in [-0.39, 0.29) is 11.5 Å². The highest BCUT2D eigenvalue weighted by atomic mass is 19.4. The van der Waals surface area contributed by atoms with Crippen molar-refractivity contribution in [1.82, 2.24) is 10.2 Å². The topological polar surface area (TPSA) is 50.8 Å². The molecule has 1 aromatic rings. The Bertz CT molecular complexity index is 456. The van der Waals surface area contributed by atoms with E-state index in [1.807, 2.05) is 0 Å². The van der Waals surface area contributed by atoms with Crippen LogP contribution in [-0.2, 0) is 0 Å². The van der Waals surface area contributed by atoms with Crippen molar-refractivity contribution in [1.29, 1.82) is 0 Å². The van der Waals surface area contributed by atoms with Crippen LogP contribution in [-0.4, -0.2) is 43.5 Å². The molecular formula is C12H13F3N2O3.